The number of thiophene rings is 1. The maximum absolute atomic E-state index is 12.7. The Hall–Kier alpha value is -0.870. The van der Waals surface area contributed by atoms with E-state index in [2.05, 4.69) is 32.2 Å². The van der Waals surface area contributed by atoms with E-state index in [1.165, 1.54) is 16.9 Å². The van der Waals surface area contributed by atoms with Gasteiger partial charge in [-0.05, 0) is 55.2 Å². The summed E-state index contributed by atoms with van der Waals surface area (Å²) in [6.45, 7) is 8.96. The van der Waals surface area contributed by atoms with E-state index < -0.39 is 0 Å². The smallest absolute Gasteiger partial charge is 0.263 e. The van der Waals surface area contributed by atoms with Crippen LogP contribution in [0.15, 0.2) is 6.07 Å². The van der Waals surface area contributed by atoms with Gasteiger partial charge in [0.2, 0.25) is 0 Å². The maximum atomic E-state index is 12.7. The number of aryl methyl sites for hydroxylation is 1. The fourth-order valence-electron chi connectivity index (χ4n) is 3.68. The van der Waals surface area contributed by atoms with Gasteiger partial charge in [0.1, 0.15) is 0 Å². The van der Waals surface area contributed by atoms with Crippen LogP contribution in [0.5, 0.6) is 0 Å². The number of carbonyl (C=O) groups is 1. The molecule has 4 heteroatoms. The topological polar surface area (TPSA) is 32.3 Å². The molecule has 3 rings (SSSR count). The first-order valence-electron chi connectivity index (χ1n) is 8.45. The average molecular weight is 321 g/mol. The largest absolute Gasteiger partial charge is 0.337 e. The Balaban J connectivity index is 1.74. The number of hydrogen-bond donors (Lipinski definition) is 1. The van der Waals surface area contributed by atoms with Gasteiger partial charge in [0, 0.05) is 24.5 Å². The molecule has 0 aromatic carbocycles. The van der Waals surface area contributed by atoms with Crippen LogP contribution >= 0.6 is 11.3 Å². The van der Waals surface area contributed by atoms with Crippen molar-refractivity contribution >= 4 is 17.2 Å². The number of amides is 1. The van der Waals surface area contributed by atoms with Crippen molar-refractivity contribution in [1.82, 2.24) is 10.2 Å². The Labute approximate surface area is 138 Å². The van der Waals surface area contributed by atoms with Gasteiger partial charge in [0.25, 0.3) is 5.91 Å². The molecule has 1 aromatic rings. The highest BCUT2D eigenvalue weighted by molar-refractivity contribution is 7.14. The van der Waals surface area contributed by atoms with Crippen molar-refractivity contribution in [2.45, 2.75) is 52.5 Å². The lowest BCUT2D eigenvalue weighted by Crippen LogP contribution is -2.37. The molecule has 1 amide bonds. The number of fused-ring (bicyclic) bond motifs is 1. The van der Waals surface area contributed by atoms with E-state index in [1.54, 1.807) is 11.3 Å². The molecule has 1 saturated heterocycles. The second kappa shape index (κ2) is 5.97. The first-order valence-corrected chi connectivity index (χ1v) is 9.27. The van der Waals surface area contributed by atoms with Gasteiger partial charge in [0.15, 0.2) is 0 Å². The number of likely N-dealkylation sites (N-methyl/N-ethyl adjacent to an activating group) is 1. The summed E-state index contributed by atoms with van der Waals surface area (Å²) in [5.74, 6) is 0.940. The molecular formula is C18H28N2OS. The van der Waals surface area contributed by atoms with E-state index in [-0.39, 0.29) is 5.91 Å². The van der Waals surface area contributed by atoms with Crippen molar-refractivity contribution in [2.75, 3.05) is 20.1 Å². The van der Waals surface area contributed by atoms with E-state index in [9.17, 15) is 4.79 Å². The Kier molecular flexibility index (Phi) is 4.34. The minimum Gasteiger partial charge on any atom is -0.337 e. The van der Waals surface area contributed by atoms with E-state index in [1.807, 2.05) is 11.9 Å². The quantitative estimate of drug-likeness (QED) is 0.906. The zero-order chi connectivity index (χ0) is 15.9. The molecule has 3 nitrogen and oxygen atoms in total. The van der Waals surface area contributed by atoms with Gasteiger partial charge in [-0.1, -0.05) is 20.8 Å². The molecule has 0 radical (unpaired) electrons. The predicted octanol–water partition coefficient (Wildman–Crippen LogP) is 3.33. The normalized spacial score (nSPS) is 25.1. The third-order valence-corrected chi connectivity index (χ3v) is 6.65. The number of carbonyl (C=O) groups excluding carboxylic acids is 1. The summed E-state index contributed by atoms with van der Waals surface area (Å²) in [7, 11) is 1.96. The number of rotatable bonds is 2. The second-order valence-electron chi connectivity index (χ2n) is 7.93. The fraction of sp³-hybridized carbons (Fsp3) is 0.722. The van der Waals surface area contributed by atoms with E-state index in [0.29, 0.717) is 11.5 Å². The van der Waals surface area contributed by atoms with Crippen molar-refractivity contribution in [3.05, 3.63) is 21.4 Å². The Bertz CT molecular complexity index is 552. The highest BCUT2D eigenvalue weighted by Gasteiger charge is 2.31. The highest BCUT2D eigenvalue weighted by atomic mass is 32.1. The molecule has 0 spiro atoms. The lowest BCUT2D eigenvalue weighted by Gasteiger charge is -2.33. The monoisotopic (exact) mass is 320 g/mol. The number of nitrogens with one attached hydrogen (secondary N) is 1. The van der Waals surface area contributed by atoms with Crippen LogP contribution in [0, 0.1) is 11.3 Å². The zero-order valence-corrected chi connectivity index (χ0v) is 15.1. The molecule has 1 N–H and O–H groups in total. The first kappa shape index (κ1) is 16.0. The van der Waals surface area contributed by atoms with Gasteiger partial charge in [-0.15, -0.1) is 11.3 Å². The average Bonchev–Trinajstić information content (AvgIpc) is 3.12. The Morgan fingerprint density at radius 1 is 1.36 bits per heavy atom. The molecule has 122 valence electrons. The van der Waals surface area contributed by atoms with E-state index >= 15 is 0 Å². The van der Waals surface area contributed by atoms with Crippen molar-refractivity contribution < 1.29 is 4.79 Å². The third kappa shape index (κ3) is 3.09. The van der Waals surface area contributed by atoms with Crippen molar-refractivity contribution in [1.29, 1.82) is 0 Å². The fourth-order valence-corrected chi connectivity index (χ4v) is 4.87. The third-order valence-electron chi connectivity index (χ3n) is 5.42. The molecule has 2 unspecified atom stereocenters. The summed E-state index contributed by atoms with van der Waals surface area (Å²) in [5.41, 5.74) is 1.79. The minimum atomic E-state index is 0.209. The SMILES string of the molecule is CN(C(=O)c1cc2c(s1)CCC(C(C)(C)C)C2)C1CCNC1. The molecule has 1 aromatic heterocycles. The highest BCUT2D eigenvalue weighted by Crippen LogP contribution is 2.40. The van der Waals surface area contributed by atoms with Gasteiger partial charge in [-0.3, -0.25) is 4.79 Å². The first-order chi connectivity index (χ1) is 10.4. The van der Waals surface area contributed by atoms with Crippen LogP contribution in [-0.4, -0.2) is 37.0 Å². The molecule has 2 aliphatic rings. The van der Waals surface area contributed by atoms with Gasteiger partial charge >= 0.3 is 0 Å². The van der Waals surface area contributed by atoms with E-state index in [4.69, 9.17) is 0 Å². The summed E-state index contributed by atoms with van der Waals surface area (Å²) in [6.07, 6.45) is 4.60. The van der Waals surface area contributed by atoms with Crippen molar-refractivity contribution in [3.63, 3.8) is 0 Å². The van der Waals surface area contributed by atoms with Crippen LogP contribution in [-0.2, 0) is 12.8 Å². The summed E-state index contributed by atoms with van der Waals surface area (Å²) in [4.78, 5) is 17.1. The van der Waals surface area contributed by atoms with Crippen LogP contribution in [0.4, 0.5) is 0 Å². The molecule has 1 aliphatic carbocycles. The lowest BCUT2D eigenvalue weighted by molar-refractivity contribution is 0.0748. The predicted molar refractivity (Wildman–Crippen MR) is 92.7 cm³/mol. The van der Waals surface area contributed by atoms with Gasteiger partial charge in [-0.25, -0.2) is 0 Å². The minimum absolute atomic E-state index is 0.209. The summed E-state index contributed by atoms with van der Waals surface area (Å²) in [6, 6.07) is 2.54. The van der Waals surface area contributed by atoms with Gasteiger partial charge < -0.3 is 10.2 Å². The Morgan fingerprint density at radius 3 is 2.77 bits per heavy atom. The van der Waals surface area contributed by atoms with Gasteiger partial charge in [0.05, 0.1) is 4.88 Å². The van der Waals surface area contributed by atoms with Crippen LogP contribution in [0.3, 0.4) is 0 Å². The molecule has 1 fully saturated rings. The van der Waals surface area contributed by atoms with Crippen molar-refractivity contribution in [2.24, 2.45) is 11.3 Å². The van der Waals surface area contributed by atoms with E-state index in [0.717, 1.165) is 43.1 Å². The molecule has 0 bridgehead atoms. The van der Waals surface area contributed by atoms with Crippen LogP contribution in [0.1, 0.15) is 53.7 Å². The molecular weight excluding hydrogens is 292 g/mol. The summed E-state index contributed by atoms with van der Waals surface area (Å²) < 4.78 is 0. The number of nitrogens with zero attached hydrogens (tertiary/aromatic N) is 1. The molecule has 1 aliphatic heterocycles. The van der Waals surface area contributed by atoms with Crippen LogP contribution < -0.4 is 5.32 Å². The second-order valence-corrected chi connectivity index (χ2v) is 9.06. The summed E-state index contributed by atoms with van der Waals surface area (Å²) >= 11 is 1.73. The molecule has 22 heavy (non-hydrogen) atoms. The van der Waals surface area contributed by atoms with Crippen LogP contribution in [0.2, 0.25) is 0 Å². The van der Waals surface area contributed by atoms with Crippen LogP contribution in [0.25, 0.3) is 0 Å². The van der Waals surface area contributed by atoms with Crippen molar-refractivity contribution in [3.8, 4) is 0 Å². The lowest BCUT2D eigenvalue weighted by atomic mass is 9.72. The molecule has 2 atom stereocenters. The van der Waals surface area contributed by atoms with Gasteiger partial charge in [-0.2, -0.15) is 0 Å². The number of hydrogen-bond acceptors (Lipinski definition) is 3. The molecule has 0 saturated carbocycles. The standard InChI is InChI=1S/C18H28N2OS/c1-18(2,3)13-5-6-15-12(9-13)10-16(22-15)17(21)20(4)14-7-8-19-11-14/h10,13-14,19H,5-9,11H2,1-4H3. The zero-order valence-electron chi connectivity index (χ0n) is 14.2. The Morgan fingerprint density at radius 2 is 2.14 bits per heavy atom. The summed E-state index contributed by atoms with van der Waals surface area (Å²) in [5, 5.41) is 3.34. The molecule has 2 heterocycles. The maximum Gasteiger partial charge on any atom is 0.263 e.